The Labute approximate surface area is 123 Å². The summed E-state index contributed by atoms with van der Waals surface area (Å²) in [6.45, 7) is 2.51. The van der Waals surface area contributed by atoms with E-state index in [9.17, 15) is 4.79 Å². The van der Waals surface area contributed by atoms with Gasteiger partial charge in [-0.15, -0.1) is 11.8 Å². The van der Waals surface area contributed by atoms with E-state index in [4.69, 9.17) is 5.73 Å². The van der Waals surface area contributed by atoms with Crippen LogP contribution in [-0.2, 0) is 0 Å². The van der Waals surface area contributed by atoms with Crippen molar-refractivity contribution in [3.8, 4) is 0 Å². The van der Waals surface area contributed by atoms with Gasteiger partial charge in [-0.05, 0) is 30.7 Å². The first-order chi connectivity index (χ1) is 9.68. The molecule has 0 aliphatic heterocycles. The Morgan fingerprint density at radius 2 is 1.90 bits per heavy atom. The fourth-order valence-corrected chi connectivity index (χ4v) is 2.73. The number of rotatable bonds is 5. The van der Waals surface area contributed by atoms with E-state index < -0.39 is 0 Å². The van der Waals surface area contributed by atoms with Crippen LogP contribution in [0, 0.1) is 6.92 Å². The van der Waals surface area contributed by atoms with Crippen molar-refractivity contribution in [3.63, 3.8) is 0 Å². The van der Waals surface area contributed by atoms with Crippen LogP contribution in [0.15, 0.2) is 53.4 Å². The summed E-state index contributed by atoms with van der Waals surface area (Å²) < 4.78 is 0. The predicted octanol–water partition coefficient (Wildman–Crippen LogP) is 3.10. The Hall–Kier alpha value is -1.94. The normalized spacial score (nSPS) is 10.2. The van der Waals surface area contributed by atoms with E-state index in [-0.39, 0.29) is 5.91 Å². The van der Waals surface area contributed by atoms with Crippen molar-refractivity contribution in [2.45, 2.75) is 11.8 Å². The molecule has 0 aliphatic carbocycles. The number of nitrogens with two attached hydrogens (primary N) is 1. The molecule has 3 N–H and O–H groups in total. The summed E-state index contributed by atoms with van der Waals surface area (Å²) in [6, 6.07) is 15.6. The van der Waals surface area contributed by atoms with Gasteiger partial charge in [0.25, 0.3) is 5.91 Å². The van der Waals surface area contributed by atoms with E-state index in [2.05, 4.69) is 17.4 Å². The number of aryl methyl sites for hydroxylation is 1. The number of nitrogens with one attached hydrogen (secondary N) is 1. The highest BCUT2D eigenvalue weighted by atomic mass is 32.2. The van der Waals surface area contributed by atoms with Gasteiger partial charge in [0.2, 0.25) is 0 Å². The smallest absolute Gasteiger partial charge is 0.253 e. The molecule has 0 atom stereocenters. The van der Waals surface area contributed by atoms with Gasteiger partial charge in [-0.1, -0.05) is 30.3 Å². The number of hydrogen-bond donors (Lipinski definition) is 2. The van der Waals surface area contributed by atoms with Gasteiger partial charge in [-0.25, -0.2) is 0 Å². The molecular formula is C16H18N2OS. The van der Waals surface area contributed by atoms with Crippen molar-refractivity contribution in [2.75, 3.05) is 18.0 Å². The molecule has 0 unspecified atom stereocenters. The van der Waals surface area contributed by atoms with Gasteiger partial charge in [-0.3, -0.25) is 4.79 Å². The molecule has 0 radical (unpaired) electrons. The van der Waals surface area contributed by atoms with Crippen molar-refractivity contribution in [1.29, 1.82) is 0 Å². The number of nitrogen functional groups attached to an aromatic ring is 1. The number of carbonyl (C=O) groups is 1. The second kappa shape index (κ2) is 7.01. The molecule has 0 aliphatic rings. The van der Waals surface area contributed by atoms with E-state index in [1.807, 2.05) is 37.3 Å². The quantitative estimate of drug-likeness (QED) is 0.504. The number of benzene rings is 2. The van der Waals surface area contributed by atoms with Crippen LogP contribution in [0.25, 0.3) is 0 Å². The van der Waals surface area contributed by atoms with Crippen LogP contribution >= 0.6 is 11.8 Å². The molecule has 0 saturated heterocycles. The molecule has 4 heteroatoms. The molecule has 3 nitrogen and oxygen atoms in total. The zero-order valence-electron chi connectivity index (χ0n) is 11.4. The Morgan fingerprint density at radius 3 is 2.60 bits per heavy atom. The lowest BCUT2D eigenvalue weighted by atomic mass is 10.1. The number of thioether (sulfide) groups is 1. The maximum absolute atomic E-state index is 12.1. The Kier molecular flexibility index (Phi) is 5.07. The van der Waals surface area contributed by atoms with E-state index in [0.29, 0.717) is 17.8 Å². The zero-order valence-corrected chi connectivity index (χ0v) is 12.2. The summed E-state index contributed by atoms with van der Waals surface area (Å²) in [5.41, 5.74) is 7.86. The minimum absolute atomic E-state index is 0.103. The summed E-state index contributed by atoms with van der Waals surface area (Å²) in [6.07, 6.45) is 0. The molecular weight excluding hydrogens is 268 g/mol. The fourth-order valence-electron chi connectivity index (χ4n) is 1.94. The monoisotopic (exact) mass is 286 g/mol. The van der Waals surface area contributed by atoms with Crippen molar-refractivity contribution in [2.24, 2.45) is 0 Å². The average molecular weight is 286 g/mol. The highest BCUT2D eigenvalue weighted by molar-refractivity contribution is 7.99. The van der Waals surface area contributed by atoms with Crippen molar-refractivity contribution < 1.29 is 4.79 Å². The fraction of sp³-hybridized carbons (Fsp3) is 0.188. The van der Waals surface area contributed by atoms with Gasteiger partial charge in [0.05, 0.1) is 5.56 Å². The van der Waals surface area contributed by atoms with E-state index in [1.165, 1.54) is 4.90 Å². The first kappa shape index (κ1) is 14.5. The third-order valence-corrected chi connectivity index (χ3v) is 3.95. The Balaban J connectivity index is 1.84. The van der Waals surface area contributed by atoms with Gasteiger partial charge in [0, 0.05) is 22.9 Å². The largest absolute Gasteiger partial charge is 0.398 e. The maximum atomic E-state index is 12.1. The van der Waals surface area contributed by atoms with Gasteiger partial charge in [-0.2, -0.15) is 0 Å². The highest BCUT2D eigenvalue weighted by Crippen LogP contribution is 2.17. The lowest BCUT2D eigenvalue weighted by Gasteiger charge is -2.10. The summed E-state index contributed by atoms with van der Waals surface area (Å²) in [5, 5.41) is 2.91. The van der Waals surface area contributed by atoms with Crippen molar-refractivity contribution in [3.05, 3.63) is 59.7 Å². The van der Waals surface area contributed by atoms with Crippen LogP contribution in [-0.4, -0.2) is 18.2 Å². The van der Waals surface area contributed by atoms with Crippen molar-refractivity contribution >= 4 is 23.4 Å². The molecule has 0 fully saturated rings. The maximum Gasteiger partial charge on any atom is 0.253 e. The van der Waals surface area contributed by atoms with E-state index in [0.717, 1.165) is 11.3 Å². The lowest BCUT2D eigenvalue weighted by molar-refractivity contribution is 0.0956. The van der Waals surface area contributed by atoms with Crippen LogP contribution < -0.4 is 11.1 Å². The minimum Gasteiger partial charge on any atom is -0.398 e. The molecule has 2 aromatic rings. The van der Waals surface area contributed by atoms with E-state index >= 15 is 0 Å². The van der Waals surface area contributed by atoms with Crippen LogP contribution in [0.2, 0.25) is 0 Å². The van der Waals surface area contributed by atoms with Gasteiger partial charge >= 0.3 is 0 Å². The topological polar surface area (TPSA) is 55.1 Å². The minimum atomic E-state index is -0.103. The molecule has 0 saturated carbocycles. The zero-order chi connectivity index (χ0) is 14.4. The molecule has 0 bridgehead atoms. The predicted molar refractivity (Wildman–Crippen MR) is 85.1 cm³/mol. The third kappa shape index (κ3) is 3.78. The summed E-state index contributed by atoms with van der Waals surface area (Å²) in [5.74, 6) is 0.732. The number of carbonyl (C=O) groups excluding carboxylic acids is 1. The molecule has 0 heterocycles. The molecule has 2 rings (SSSR count). The molecule has 0 spiro atoms. The van der Waals surface area contributed by atoms with Gasteiger partial charge < -0.3 is 11.1 Å². The second-order valence-electron chi connectivity index (χ2n) is 4.46. The number of amides is 1. The van der Waals surface area contributed by atoms with Gasteiger partial charge in [0.15, 0.2) is 0 Å². The average Bonchev–Trinajstić information content (AvgIpc) is 2.44. The summed E-state index contributed by atoms with van der Waals surface area (Å²) in [4.78, 5) is 13.3. The standard InChI is InChI=1S/C16H18N2OS/c1-12-6-5-9-14(17)15(12)16(19)18-10-11-20-13-7-3-2-4-8-13/h2-9H,10-11,17H2,1H3,(H,18,19). The molecule has 104 valence electrons. The van der Waals surface area contributed by atoms with E-state index in [1.54, 1.807) is 17.8 Å². The van der Waals surface area contributed by atoms with Crippen LogP contribution in [0.3, 0.4) is 0 Å². The summed E-state index contributed by atoms with van der Waals surface area (Å²) in [7, 11) is 0. The van der Waals surface area contributed by atoms with Gasteiger partial charge in [0.1, 0.15) is 0 Å². The van der Waals surface area contributed by atoms with Crippen LogP contribution in [0.4, 0.5) is 5.69 Å². The highest BCUT2D eigenvalue weighted by Gasteiger charge is 2.11. The third-order valence-electron chi connectivity index (χ3n) is 2.93. The second-order valence-corrected chi connectivity index (χ2v) is 5.62. The Morgan fingerprint density at radius 1 is 1.15 bits per heavy atom. The molecule has 2 aromatic carbocycles. The molecule has 1 amide bonds. The number of hydrogen-bond acceptors (Lipinski definition) is 3. The SMILES string of the molecule is Cc1cccc(N)c1C(=O)NCCSc1ccccc1. The first-order valence-corrected chi connectivity index (χ1v) is 7.48. The summed E-state index contributed by atoms with van der Waals surface area (Å²) >= 11 is 1.72. The lowest BCUT2D eigenvalue weighted by Crippen LogP contribution is -2.27. The molecule has 20 heavy (non-hydrogen) atoms. The van der Waals surface area contributed by atoms with Crippen molar-refractivity contribution in [1.82, 2.24) is 5.32 Å². The molecule has 0 aromatic heterocycles. The van der Waals surface area contributed by atoms with Crippen LogP contribution in [0.1, 0.15) is 15.9 Å². The number of anilines is 1. The first-order valence-electron chi connectivity index (χ1n) is 6.49. The Bertz CT molecular complexity index is 564. The van der Waals surface area contributed by atoms with Crippen LogP contribution in [0.5, 0.6) is 0 Å².